The highest BCUT2D eigenvalue weighted by atomic mass is 32.1. The zero-order valence-corrected chi connectivity index (χ0v) is 27.9. The van der Waals surface area contributed by atoms with E-state index in [0.717, 1.165) is 60.4 Å². The summed E-state index contributed by atoms with van der Waals surface area (Å²) >= 11 is 1.84. The van der Waals surface area contributed by atoms with E-state index in [9.17, 15) is 0 Å². The van der Waals surface area contributed by atoms with Crippen LogP contribution >= 0.6 is 11.3 Å². The molecule has 0 aliphatic heterocycles. The molecule has 0 saturated carbocycles. The monoisotopic (exact) mass is 670 g/mol. The Hall–Kier alpha value is -6.63. The van der Waals surface area contributed by atoms with Crippen LogP contribution in [0.1, 0.15) is 0 Å². The number of nitrogens with zero attached hydrogens (tertiary/aromatic N) is 4. The maximum Gasteiger partial charge on any atom is 0.238 e. The van der Waals surface area contributed by atoms with E-state index in [4.69, 9.17) is 19.4 Å². The Balaban J connectivity index is 1.09. The van der Waals surface area contributed by atoms with Gasteiger partial charge in [0, 0.05) is 52.8 Å². The van der Waals surface area contributed by atoms with E-state index >= 15 is 0 Å². The quantitative estimate of drug-likeness (QED) is 0.187. The molecular weight excluding hydrogens is 645 g/mol. The molecule has 0 aliphatic rings. The molecule has 0 spiro atoms. The molecule has 0 amide bonds. The molecule has 0 N–H and O–H groups in total. The fraction of sp³-hybridized carbons (Fsp3) is 0. The molecule has 4 heterocycles. The molecule has 0 unspecified atom stereocenters. The third-order valence-electron chi connectivity index (χ3n) is 9.88. The standard InChI is InChI=1S/C45H26N4OS/c1-2-11-27(12-3-1)43-46-44(48-45(47-43)49-36-17-7-4-13-31(36)32-14-5-8-18-37(32)49)29-22-24-38-35(25-29)33-23-21-28(26-39(33)50-38)30-16-10-20-41-42(30)34-15-6-9-19-40(34)51-41/h1-26H. The Kier molecular flexibility index (Phi) is 6.05. The zero-order valence-electron chi connectivity index (χ0n) is 27.1. The SMILES string of the molecule is c1ccc(-c2nc(-c3ccc4oc5cc(-c6cccc7sc8ccccc8c67)ccc5c4c3)nc(-n3c4ccccc4c4ccccc43)n2)cc1. The lowest BCUT2D eigenvalue weighted by atomic mass is 9.98. The van der Waals surface area contributed by atoms with Crippen LogP contribution in [0.4, 0.5) is 0 Å². The second kappa shape index (κ2) is 10.9. The molecule has 0 fully saturated rings. The Labute approximate surface area is 295 Å². The van der Waals surface area contributed by atoms with E-state index in [1.165, 1.54) is 25.7 Å². The molecule has 0 atom stereocenters. The lowest BCUT2D eigenvalue weighted by molar-refractivity contribution is 0.669. The number of para-hydroxylation sites is 2. The summed E-state index contributed by atoms with van der Waals surface area (Å²) in [6.07, 6.45) is 0. The molecule has 4 aromatic heterocycles. The van der Waals surface area contributed by atoms with E-state index in [0.29, 0.717) is 17.6 Å². The lowest BCUT2D eigenvalue weighted by Gasteiger charge is -2.11. The number of hydrogen-bond donors (Lipinski definition) is 0. The van der Waals surface area contributed by atoms with Gasteiger partial charge in [-0.1, -0.05) is 103 Å². The molecule has 0 radical (unpaired) electrons. The summed E-state index contributed by atoms with van der Waals surface area (Å²) < 4.78 is 11.2. The van der Waals surface area contributed by atoms with E-state index in [1.807, 2.05) is 53.8 Å². The molecular formula is C45H26N4OS. The van der Waals surface area contributed by atoms with Crippen LogP contribution in [0.3, 0.4) is 0 Å². The van der Waals surface area contributed by atoms with Crippen molar-refractivity contribution in [2.75, 3.05) is 0 Å². The minimum absolute atomic E-state index is 0.577. The number of fused-ring (bicyclic) bond motifs is 9. The Morgan fingerprint density at radius 1 is 0.431 bits per heavy atom. The van der Waals surface area contributed by atoms with Gasteiger partial charge in [-0.05, 0) is 65.7 Å². The first kappa shape index (κ1) is 28.2. The molecule has 7 aromatic carbocycles. The van der Waals surface area contributed by atoms with Crippen LogP contribution in [-0.2, 0) is 0 Å². The van der Waals surface area contributed by atoms with Gasteiger partial charge in [0.1, 0.15) is 11.2 Å². The highest BCUT2D eigenvalue weighted by molar-refractivity contribution is 7.25. The Bertz CT molecular complexity index is 3100. The van der Waals surface area contributed by atoms with Crippen LogP contribution in [-0.4, -0.2) is 19.5 Å². The second-order valence-electron chi connectivity index (χ2n) is 12.8. The molecule has 51 heavy (non-hydrogen) atoms. The van der Waals surface area contributed by atoms with Gasteiger partial charge in [0.15, 0.2) is 11.6 Å². The summed E-state index contributed by atoms with van der Waals surface area (Å²) in [6.45, 7) is 0. The first-order chi connectivity index (χ1) is 25.3. The molecule has 0 bridgehead atoms. The first-order valence-electron chi connectivity index (χ1n) is 16.9. The van der Waals surface area contributed by atoms with E-state index in [2.05, 4.69) is 120 Å². The van der Waals surface area contributed by atoms with Crippen molar-refractivity contribution in [3.63, 3.8) is 0 Å². The Morgan fingerprint density at radius 2 is 1.10 bits per heavy atom. The van der Waals surface area contributed by atoms with Crippen LogP contribution in [0.2, 0.25) is 0 Å². The van der Waals surface area contributed by atoms with Crippen molar-refractivity contribution < 1.29 is 4.42 Å². The van der Waals surface area contributed by atoms with Gasteiger partial charge in [0.2, 0.25) is 5.95 Å². The largest absolute Gasteiger partial charge is 0.456 e. The predicted molar refractivity (Wildman–Crippen MR) is 211 cm³/mol. The van der Waals surface area contributed by atoms with Crippen molar-refractivity contribution in [3.8, 4) is 39.9 Å². The Morgan fingerprint density at radius 3 is 1.90 bits per heavy atom. The number of rotatable bonds is 4. The summed E-state index contributed by atoms with van der Waals surface area (Å²) in [6, 6.07) is 54.9. The van der Waals surface area contributed by atoms with Gasteiger partial charge in [-0.25, -0.2) is 4.98 Å². The van der Waals surface area contributed by atoms with Crippen molar-refractivity contribution in [1.29, 1.82) is 0 Å². The third-order valence-corrected chi connectivity index (χ3v) is 11.0. The molecule has 238 valence electrons. The molecule has 11 aromatic rings. The molecule has 11 rings (SSSR count). The summed E-state index contributed by atoms with van der Waals surface area (Å²) in [5, 5.41) is 6.97. The number of thiophene rings is 1. The zero-order chi connectivity index (χ0) is 33.5. The van der Waals surface area contributed by atoms with Crippen LogP contribution in [0, 0.1) is 0 Å². The predicted octanol–water partition coefficient (Wildman–Crippen LogP) is 12.2. The molecule has 6 heteroatoms. The summed E-state index contributed by atoms with van der Waals surface area (Å²) in [4.78, 5) is 15.3. The fourth-order valence-corrected chi connectivity index (χ4v) is 8.68. The average molecular weight is 671 g/mol. The van der Waals surface area contributed by atoms with Crippen molar-refractivity contribution in [3.05, 3.63) is 158 Å². The van der Waals surface area contributed by atoms with Crippen molar-refractivity contribution in [2.45, 2.75) is 0 Å². The minimum atomic E-state index is 0.577. The smallest absolute Gasteiger partial charge is 0.238 e. The third kappa shape index (κ3) is 4.37. The van der Waals surface area contributed by atoms with Gasteiger partial charge in [0.25, 0.3) is 0 Å². The number of aromatic nitrogens is 4. The van der Waals surface area contributed by atoms with Gasteiger partial charge < -0.3 is 4.42 Å². The summed E-state index contributed by atoms with van der Waals surface area (Å²) in [7, 11) is 0. The fourth-order valence-electron chi connectivity index (χ4n) is 7.55. The van der Waals surface area contributed by atoms with E-state index in [1.54, 1.807) is 0 Å². The van der Waals surface area contributed by atoms with Gasteiger partial charge >= 0.3 is 0 Å². The lowest BCUT2D eigenvalue weighted by Crippen LogP contribution is -2.06. The van der Waals surface area contributed by atoms with Gasteiger partial charge in [-0.15, -0.1) is 11.3 Å². The second-order valence-corrected chi connectivity index (χ2v) is 13.9. The van der Waals surface area contributed by atoms with E-state index < -0.39 is 0 Å². The van der Waals surface area contributed by atoms with Crippen molar-refractivity contribution >= 4 is 75.3 Å². The van der Waals surface area contributed by atoms with Crippen molar-refractivity contribution in [1.82, 2.24) is 19.5 Å². The topological polar surface area (TPSA) is 56.7 Å². The number of furan rings is 1. The van der Waals surface area contributed by atoms with Crippen molar-refractivity contribution in [2.24, 2.45) is 0 Å². The average Bonchev–Trinajstić information content (AvgIpc) is 3.87. The number of benzene rings is 7. The van der Waals surface area contributed by atoms with Crippen LogP contribution < -0.4 is 0 Å². The molecule has 0 aliphatic carbocycles. The maximum absolute atomic E-state index is 6.50. The molecule has 5 nitrogen and oxygen atoms in total. The summed E-state index contributed by atoms with van der Waals surface area (Å²) in [5.41, 5.74) is 7.94. The van der Waals surface area contributed by atoms with Gasteiger partial charge in [-0.2, -0.15) is 9.97 Å². The minimum Gasteiger partial charge on any atom is -0.456 e. The van der Waals surface area contributed by atoms with E-state index in [-0.39, 0.29) is 0 Å². The normalized spacial score (nSPS) is 11.9. The van der Waals surface area contributed by atoms with Gasteiger partial charge in [-0.3, -0.25) is 4.57 Å². The first-order valence-corrected chi connectivity index (χ1v) is 17.8. The van der Waals surface area contributed by atoms with Crippen LogP contribution in [0.5, 0.6) is 0 Å². The van der Waals surface area contributed by atoms with Crippen LogP contribution in [0.15, 0.2) is 162 Å². The highest BCUT2D eigenvalue weighted by Gasteiger charge is 2.19. The maximum atomic E-state index is 6.50. The highest BCUT2D eigenvalue weighted by Crippen LogP contribution is 2.42. The van der Waals surface area contributed by atoms with Crippen LogP contribution in [0.25, 0.3) is 104 Å². The number of hydrogen-bond acceptors (Lipinski definition) is 5. The summed E-state index contributed by atoms with van der Waals surface area (Å²) in [5.74, 6) is 1.80. The van der Waals surface area contributed by atoms with Gasteiger partial charge in [0.05, 0.1) is 11.0 Å². The molecule has 0 saturated heterocycles.